The van der Waals surface area contributed by atoms with Gasteiger partial charge in [-0.2, -0.15) is 0 Å². The van der Waals surface area contributed by atoms with Crippen LogP contribution in [-0.2, 0) is 13.2 Å². The Bertz CT molecular complexity index is 952. The Morgan fingerprint density at radius 2 is 1.73 bits per heavy atom. The second-order valence-electron chi connectivity index (χ2n) is 8.25. The first kappa shape index (κ1) is 21.0. The molecular weight excluding hydrogens is 393 g/mol. The van der Waals surface area contributed by atoms with Crippen molar-refractivity contribution < 1.29 is 4.74 Å². The van der Waals surface area contributed by atoms with Gasteiger partial charge in [0, 0.05) is 24.3 Å². The molecule has 0 spiro atoms. The molecule has 0 saturated carbocycles. The second-order valence-corrected chi connectivity index (χ2v) is 8.69. The van der Waals surface area contributed by atoms with Gasteiger partial charge < -0.3 is 9.64 Å². The lowest BCUT2D eigenvalue weighted by Crippen LogP contribution is -2.48. The van der Waals surface area contributed by atoms with Gasteiger partial charge >= 0.3 is 0 Å². The van der Waals surface area contributed by atoms with Crippen molar-refractivity contribution in [3.63, 3.8) is 0 Å². The van der Waals surface area contributed by atoms with Crippen LogP contribution in [0.2, 0.25) is 5.02 Å². The molecule has 156 valence electrons. The summed E-state index contributed by atoms with van der Waals surface area (Å²) in [7, 11) is 0. The first-order valence-corrected chi connectivity index (χ1v) is 10.8. The van der Waals surface area contributed by atoms with Gasteiger partial charge in [-0.25, -0.2) is 0 Å². The topological polar surface area (TPSA) is 30.3 Å². The maximum absolute atomic E-state index is 6.16. The van der Waals surface area contributed by atoms with E-state index in [-0.39, 0.29) is 8.41 Å². The Balaban J connectivity index is 0.00000218. The fraction of sp³-hybridized carbons (Fsp3) is 0.375. The third kappa shape index (κ3) is 4.58. The molecule has 1 atom stereocenters. The molecule has 3 aromatic rings. The van der Waals surface area contributed by atoms with Crippen LogP contribution in [-0.4, -0.2) is 42.7 Å². The van der Waals surface area contributed by atoms with Crippen molar-refractivity contribution in [2.45, 2.75) is 26.0 Å². The molecule has 3 aliphatic rings. The van der Waals surface area contributed by atoms with E-state index < -0.39 is 0 Å². The van der Waals surface area contributed by atoms with Crippen molar-refractivity contribution in [1.82, 2.24) is 14.7 Å². The SMILES string of the molecule is B.Clc1ccc(-c2cn(CC3CN4CCC3CC4)nc2OCc2ccccc2)cc1. The molecule has 1 aromatic heterocycles. The number of hydrogen-bond donors (Lipinski definition) is 0. The van der Waals surface area contributed by atoms with E-state index in [2.05, 4.69) is 27.9 Å². The fourth-order valence-electron chi connectivity index (χ4n) is 4.69. The monoisotopic (exact) mass is 421 g/mol. The zero-order valence-electron chi connectivity index (χ0n) is 16.5. The Kier molecular flexibility index (Phi) is 6.50. The molecule has 3 saturated heterocycles. The highest BCUT2D eigenvalue weighted by Crippen LogP contribution is 2.35. The molecule has 1 unspecified atom stereocenters. The number of piperidine rings is 3. The average Bonchev–Trinajstić information content (AvgIpc) is 3.17. The minimum absolute atomic E-state index is 0. The van der Waals surface area contributed by atoms with Crippen LogP contribution in [0.5, 0.6) is 5.88 Å². The smallest absolute Gasteiger partial charge is 0.241 e. The summed E-state index contributed by atoms with van der Waals surface area (Å²) >= 11 is 6.09. The molecule has 0 radical (unpaired) electrons. The molecule has 2 aromatic carbocycles. The van der Waals surface area contributed by atoms with E-state index in [4.69, 9.17) is 21.4 Å². The predicted octanol–water partition coefficient (Wildman–Crippen LogP) is 3.94. The summed E-state index contributed by atoms with van der Waals surface area (Å²) in [4.78, 5) is 2.60. The molecule has 4 nitrogen and oxygen atoms in total. The van der Waals surface area contributed by atoms with Gasteiger partial charge in [0.1, 0.15) is 6.61 Å². The zero-order chi connectivity index (χ0) is 19.6. The number of ether oxygens (including phenoxy) is 1. The average molecular weight is 422 g/mol. The quantitative estimate of drug-likeness (QED) is 0.565. The van der Waals surface area contributed by atoms with Crippen LogP contribution in [0.3, 0.4) is 0 Å². The maximum atomic E-state index is 6.16. The van der Waals surface area contributed by atoms with E-state index in [0.29, 0.717) is 18.4 Å². The largest absolute Gasteiger partial charge is 0.471 e. The standard InChI is InChI=1S/C24H26ClN3O.BH3/c25-22-8-6-20(7-9-22)23-16-28(15-21-14-27-12-10-19(21)11-13-27)26-24(23)29-17-18-4-2-1-3-5-18;/h1-9,16,19,21H,10-15,17H2;1H3. The summed E-state index contributed by atoms with van der Waals surface area (Å²) < 4.78 is 8.26. The number of nitrogens with zero attached hydrogens (tertiary/aromatic N) is 3. The van der Waals surface area contributed by atoms with Crippen LogP contribution >= 0.6 is 11.6 Å². The highest BCUT2D eigenvalue weighted by molar-refractivity contribution is 6.30. The van der Waals surface area contributed by atoms with Crippen molar-refractivity contribution in [3.8, 4) is 17.0 Å². The fourth-order valence-corrected chi connectivity index (χ4v) is 4.82. The number of hydrogen-bond acceptors (Lipinski definition) is 3. The van der Waals surface area contributed by atoms with Gasteiger partial charge in [0.15, 0.2) is 0 Å². The molecule has 2 bridgehead atoms. The third-order valence-electron chi connectivity index (χ3n) is 6.31. The molecule has 6 rings (SSSR count). The molecular formula is C24H29BClN3O. The first-order chi connectivity index (χ1) is 14.2. The summed E-state index contributed by atoms with van der Waals surface area (Å²) in [5.41, 5.74) is 3.25. The summed E-state index contributed by atoms with van der Waals surface area (Å²) in [6.07, 6.45) is 4.79. The van der Waals surface area contributed by atoms with Gasteiger partial charge in [0.2, 0.25) is 5.88 Å². The molecule has 0 N–H and O–H groups in total. The zero-order valence-corrected chi connectivity index (χ0v) is 17.3. The number of aromatic nitrogens is 2. The van der Waals surface area contributed by atoms with E-state index in [1.807, 2.05) is 42.5 Å². The van der Waals surface area contributed by atoms with E-state index in [1.54, 1.807) is 0 Å². The van der Waals surface area contributed by atoms with Gasteiger partial charge in [0.05, 0.1) is 14.0 Å². The Hall–Kier alpha value is -2.24. The Morgan fingerprint density at radius 3 is 2.40 bits per heavy atom. The molecule has 4 heterocycles. The van der Waals surface area contributed by atoms with Crippen molar-refractivity contribution in [2.24, 2.45) is 11.8 Å². The van der Waals surface area contributed by atoms with Gasteiger partial charge in [-0.3, -0.25) is 4.68 Å². The lowest BCUT2D eigenvalue weighted by atomic mass is 9.79. The number of fused-ring (bicyclic) bond motifs is 3. The summed E-state index contributed by atoms with van der Waals surface area (Å²) in [6.45, 7) is 5.19. The van der Waals surface area contributed by atoms with Gasteiger partial charge in [-0.15, -0.1) is 5.10 Å². The number of rotatable bonds is 6. The predicted molar refractivity (Wildman–Crippen MR) is 126 cm³/mol. The maximum Gasteiger partial charge on any atom is 0.241 e. The summed E-state index contributed by atoms with van der Waals surface area (Å²) in [6, 6.07) is 18.1. The summed E-state index contributed by atoms with van der Waals surface area (Å²) in [5.74, 6) is 2.20. The normalized spacial score (nSPS) is 22.5. The first-order valence-electron chi connectivity index (χ1n) is 10.5. The highest BCUT2D eigenvalue weighted by Gasteiger charge is 2.34. The minimum Gasteiger partial charge on any atom is -0.471 e. The molecule has 3 fully saturated rings. The van der Waals surface area contributed by atoms with Crippen molar-refractivity contribution >= 4 is 20.0 Å². The van der Waals surface area contributed by atoms with E-state index in [1.165, 1.54) is 32.5 Å². The van der Waals surface area contributed by atoms with Crippen LogP contribution in [0.4, 0.5) is 0 Å². The van der Waals surface area contributed by atoms with E-state index in [0.717, 1.165) is 34.2 Å². The van der Waals surface area contributed by atoms with E-state index >= 15 is 0 Å². The Morgan fingerprint density at radius 1 is 1.00 bits per heavy atom. The van der Waals surface area contributed by atoms with Crippen molar-refractivity contribution in [2.75, 3.05) is 19.6 Å². The molecule has 0 aliphatic carbocycles. The Labute approximate surface area is 185 Å². The van der Waals surface area contributed by atoms with Gasteiger partial charge in [-0.05, 0) is 61.0 Å². The van der Waals surface area contributed by atoms with Gasteiger partial charge in [0.25, 0.3) is 0 Å². The third-order valence-corrected chi connectivity index (χ3v) is 6.57. The molecule has 0 amide bonds. The van der Waals surface area contributed by atoms with Gasteiger partial charge in [-0.1, -0.05) is 54.1 Å². The molecule has 6 heteroatoms. The lowest BCUT2D eigenvalue weighted by Gasteiger charge is -2.44. The second kappa shape index (κ2) is 9.28. The van der Waals surface area contributed by atoms with E-state index in [9.17, 15) is 0 Å². The van der Waals surface area contributed by atoms with Crippen LogP contribution in [0.25, 0.3) is 11.1 Å². The van der Waals surface area contributed by atoms with Crippen LogP contribution in [0.15, 0.2) is 60.8 Å². The number of benzene rings is 2. The lowest BCUT2D eigenvalue weighted by molar-refractivity contribution is 0.0403. The highest BCUT2D eigenvalue weighted by atomic mass is 35.5. The van der Waals surface area contributed by atoms with Crippen molar-refractivity contribution in [1.29, 1.82) is 0 Å². The van der Waals surface area contributed by atoms with Crippen molar-refractivity contribution in [3.05, 3.63) is 71.4 Å². The number of halogens is 1. The van der Waals surface area contributed by atoms with Crippen LogP contribution in [0, 0.1) is 11.8 Å². The van der Waals surface area contributed by atoms with Crippen LogP contribution < -0.4 is 4.74 Å². The van der Waals surface area contributed by atoms with Crippen LogP contribution in [0.1, 0.15) is 18.4 Å². The minimum atomic E-state index is 0. The molecule has 3 aliphatic heterocycles. The summed E-state index contributed by atoms with van der Waals surface area (Å²) in [5, 5.41) is 5.58. The molecule has 30 heavy (non-hydrogen) atoms.